The second-order valence-corrected chi connectivity index (χ2v) is 9.74. The summed E-state index contributed by atoms with van der Waals surface area (Å²) in [4.78, 5) is 15.9. The maximum Gasteiger partial charge on any atom is 0.340 e. The van der Waals surface area contributed by atoms with Gasteiger partial charge >= 0.3 is 5.97 Å². The fourth-order valence-electron chi connectivity index (χ4n) is 3.80. The van der Waals surface area contributed by atoms with Gasteiger partial charge in [-0.2, -0.15) is 4.31 Å². The predicted octanol–water partition coefficient (Wildman–Crippen LogP) is 4.52. The number of methoxy groups -OCH3 is 1. The molecule has 0 radical (unpaired) electrons. The Kier molecular flexibility index (Phi) is 7.61. The lowest BCUT2D eigenvalue weighted by Gasteiger charge is -2.23. The van der Waals surface area contributed by atoms with Crippen molar-refractivity contribution in [3.63, 3.8) is 0 Å². The van der Waals surface area contributed by atoms with Gasteiger partial charge in [-0.25, -0.2) is 13.2 Å². The number of H-pyrrole nitrogens is 1. The minimum Gasteiger partial charge on any atom is -0.497 e. The van der Waals surface area contributed by atoms with Crippen molar-refractivity contribution in [1.82, 2.24) is 9.29 Å². The summed E-state index contributed by atoms with van der Waals surface area (Å²) in [5.41, 5.74) is 3.93. The minimum absolute atomic E-state index is 0.0781. The Morgan fingerprint density at radius 2 is 1.67 bits per heavy atom. The number of aromatic nitrogens is 1. The summed E-state index contributed by atoms with van der Waals surface area (Å²) in [5.74, 6) is 0.278. The maximum atomic E-state index is 13.7. The Bertz CT molecular complexity index is 1230. The largest absolute Gasteiger partial charge is 0.497 e. The number of hydrogen-bond acceptors (Lipinski definition) is 5. The number of nitrogens with one attached hydrogen (secondary N) is 1. The molecule has 0 fully saturated rings. The Morgan fingerprint density at radius 3 is 2.27 bits per heavy atom. The van der Waals surface area contributed by atoms with E-state index in [9.17, 15) is 13.2 Å². The van der Waals surface area contributed by atoms with E-state index >= 15 is 0 Å². The van der Waals surface area contributed by atoms with Gasteiger partial charge in [0, 0.05) is 17.9 Å². The molecule has 1 heterocycles. The molecule has 176 valence electrons. The second-order valence-electron chi connectivity index (χ2n) is 7.84. The standard InChI is InChI=1S/C25H30N2O5S/c1-6-32-25(28)24-18(3)22(26-19(24)4)16-27(15-20-11-13-21(31-5)14-12-20)33(29,30)23-10-8-7-9-17(23)2/h7-14,26H,6,15-16H2,1-5H3. The molecule has 3 aromatic rings. The molecule has 8 heteroatoms. The summed E-state index contributed by atoms with van der Waals surface area (Å²) in [5, 5.41) is 0. The molecule has 0 saturated heterocycles. The number of nitrogens with zero attached hydrogens (tertiary/aromatic N) is 1. The number of benzene rings is 2. The normalized spacial score (nSPS) is 11.6. The van der Waals surface area contributed by atoms with Crippen LogP contribution in [0.2, 0.25) is 0 Å². The molecule has 7 nitrogen and oxygen atoms in total. The molecule has 0 spiro atoms. The molecule has 0 amide bonds. The van der Waals surface area contributed by atoms with Gasteiger partial charge in [0.15, 0.2) is 0 Å². The van der Waals surface area contributed by atoms with E-state index in [0.717, 1.165) is 5.56 Å². The molecule has 1 aromatic heterocycles. The first-order valence-corrected chi connectivity index (χ1v) is 12.2. The number of hydrogen-bond donors (Lipinski definition) is 1. The summed E-state index contributed by atoms with van der Waals surface area (Å²) in [6, 6.07) is 14.2. The Labute approximate surface area is 195 Å². The topological polar surface area (TPSA) is 88.7 Å². The lowest BCUT2D eigenvalue weighted by atomic mass is 10.1. The molecule has 0 aliphatic rings. The number of aryl methyl sites for hydroxylation is 2. The van der Waals surface area contributed by atoms with E-state index in [1.165, 1.54) is 4.31 Å². The van der Waals surface area contributed by atoms with Crippen molar-refractivity contribution in [1.29, 1.82) is 0 Å². The van der Waals surface area contributed by atoms with Gasteiger partial charge in [-0.15, -0.1) is 0 Å². The Hall–Kier alpha value is -3.10. The van der Waals surface area contributed by atoms with Crippen molar-refractivity contribution in [3.05, 3.63) is 82.2 Å². The zero-order valence-electron chi connectivity index (χ0n) is 19.6. The van der Waals surface area contributed by atoms with Crippen molar-refractivity contribution < 1.29 is 22.7 Å². The highest BCUT2D eigenvalue weighted by Crippen LogP contribution is 2.27. The molecule has 1 N–H and O–H groups in total. The highest BCUT2D eigenvalue weighted by molar-refractivity contribution is 7.89. The van der Waals surface area contributed by atoms with Crippen LogP contribution in [0.15, 0.2) is 53.4 Å². The molecule has 2 aromatic carbocycles. The predicted molar refractivity (Wildman–Crippen MR) is 127 cm³/mol. The average Bonchev–Trinajstić information content (AvgIpc) is 3.07. The molecular formula is C25H30N2O5S. The number of rotatable bonds is 9. The van der Waals surface area contributed by atoms with Crippen molar-refractivity contribution >= 4 is 16.0 Å². The number of ether oxygens (including phenoxy) is 2. The van der Waals surface area contributed by atoms with E-state index in [1.807, 2.05) is 18.2 Å². The monoisotopic (exact) mass is 470 g/mol. The third-order valence-corrected chi connectivity index (χ3v) is 7.54. The third kappa shape index (κ3) is 5.29. The van der Waals surface area contributed by atoms with Crippen molar-refractivity contribution in [2.24, 2.45) is 0 Å². The Balaban J connectivity index is 2.03. The van der Waals surface area contributed by atoms with Gasteiger partial charge in [0.25, 0.3) is 0 Å². The molecule has 0 bridgehead atoms. The lowest BCUT2D eigenvalue weighted by Crippen LogP contribution is -2.31. The second kappa shape index (κ2) is 10.2. The Morgan fingerprint density at radius 1 is 1.00 bits per heavy atom. The molecular weight excluding hydrogens is 440 g/mol. The molecule has 0 atom stereocenters. The highest BCUT2D eigenvalue weighted by atomic mass is 32.2. The summed E-state index contributed by atoms with van der Waals surface area (Å²) >= 11 is 0. The van der Waals surface area contributed by atoms with Gasteiger partial charge in [-0.05, 0) is 62.6 Å². The van der Waals surface area contributed by atoms with E-state index in [1.54, 1.807) is 65.1 Å². The van der Waals surface area contributed by atoms with Crippen LogP contribution >= 0.6 is 0 Å². The van der Waals surface area contributed by atoms with E-state index in [4.69, 9.17) is 9.47 Å². The van der Waals surface area contributed by atoms with Gasteiger partial charge in [-0.1, -0.05) is 30.3 Å². The van der Waals surface area contributed by atoms with Gasteiger partial charge in [0.05, 0.1) is 30.7 Å². The van der Waals surface area contributed by atoms with Crippen molar-refractivity contribution in [2.75, 3.05) is 13.7 Å². The van der Waals surface area contributed by atoms with Crippen LogP contribution in [0, 0.1) is 20.8 Å². The SMILES string of the molecule is CCOC(=O)c1c(C)[nH]c(CN(Cc2ccc(OC)cc2)S(=O)(=O)c2ccccc2C)c1C. The zero-order chi connectivity index (χ0) is 24.2. The van der Waals surface area contributed by atoms with Gasteiger partial charge in [-0.3, -0.25) is 0 Å². The van der Waals surface area contributed by atoms with Crippen molar-refractivity contribution in [3.8, 4) is 5.75 Å². The zero-order valence-corrected chi connectivity index (χ0v) is 20.5. The molecule has 0 aliphatic heterocycles. The smallest absolute Gasteiger partial charge is 0.340 e. The number of carbonyl (C=O) groups excluding carboxylic acids is 1. The number of carbonyl (C=O) groups is 1. The number of sulfonamides is 1. The van der Waals surface area contributed by atoms with Crippen LogP contribution < -0.4 is 4.74 Å². The first-order chi connectivity index (χ1) is 15.7. The molecule has 0 aliphatic carbocycles. The van der Waals surface area contributed by atoms with Crippen molar-refractivity contribution in [2.45, 2.75) is 45.7 Å². The molecule has 33 heavy (non-hydrogen) atoms. The molecule has 0 saturated carbocycles. The van der Waals surface area contributed by atoms with E-state index < -0.39 is 16.0 Å². The van der Waals surface area contributed by atoms with E-state index in [2.05, 4.69) is 4.98 Å². The van der Waals surface area contributed by atoms with Crippen LogP contribution in [-0.4, -0.2) is 37.4 Å². The first kappa shape index (κ1) is 24.5. The lowest BCUT2D eigenvalue weighted by molar-refractivity contribution is 0.0525. The van der Waals surface area contributed by atoms with Gasteiger partial charge in [0.2, 0.25) is 10.0 Å². The van der Waals surface area contributed by atoms with Gasteiger partial charge < -0.3 is 14.5 Å². The van der Waals surface area contributed by atoms with E-state index in [0.29, 0.717) is 33.8 Å². The number of esters is 1. The third-order valence-electron chi connectivity index (χ3n) is 5.58. The quantitative estimate of drug-likeness (QED) is 0.465. The maximum absolute atomic E-state index is 13.7. The van der Waals surface area contributed by atoms with Crippen LogP contribution in [0.4, 0.5) is 0 Å². The van der Waals surface area contributed by atoms with E-state index in [-0.39, 0.29) is 24.6 Å². The average molecular weight is 471 g/mol. The van der Waals surface area contributed by atoms with Crippen LogP contribution in [-0.2, 0) is 27.8 Å². The fraction of sp³-hybridized carbons (Fsp3) is 0.320. The minimum atomic E-state index is -3.83. The first-order valence-electron chi connectivity index (χ1n) is 10.7. The molecule has 0 unspecified atom stereocenters. The summed E-state index contributed by atoms with van der Waals surface area (Å²) in [7, 11) is -2.24. The highest BCUT2D eigenvalue weighted by Gasteiger charge is 2.29. The summed E-state index contributed by atoms with van der Waals surface area (Å²) in [6.45, 7) is 7.62. The summed E-state index contributed by atoms with van der Waals surface area (Å²) in [6.07, 6.45) is 0. The molecule has 3 rings (SSSR count). The summed E-state index contributed by atoms with van der Waals surface area (Å²) < 4.78 is 39.3. The van der Waals surface area contributed by atoms with Crippen LogP contribution in [0.1, 0.15) is 45.4 Å². The van der Waals surface area contributed by atoms with Crippen LogP contribution in [0.25, 0.3) is 0 Å². The fourth-order valence-corrected chi connectivity index (χ4v) is 5.43. The van der Waals surface area contributed by atoms with Crippen LogP contribution in [0.3, 0.4) is 0 Å². The number of aromatic amines is 1. The van der Waals surface area contributed by atoms with Crippen LogP contribution in [0.5, 0.6) is 5.75 Å². The van der Waals surface area contributed by atoms with Gasteiger partial charge in [0.1, 0.15) is 5.75 Å².